The van der Waals surface area contributed by atoms with Gasteiger partial charge < -0.3 is 14.6 Å². The van der Waals surface area contributed by atoms with Crippen molar-refractivity contribution in [1.82, 2.24) is 15.5 Å². The summed E-state index contributed by atoms with van der Waals surface area (Å²) in [4.78, 5) is 27.6. The predicted octanol–water partition coefficient (Wildman–Crippen LogP) is 2.87. The molecule has 1 aromatic carbocycles. The van der Waals surface area contributed by atoms with Crippen molar-refractivity contribution in [3.8, 4) is 11.3 Å². The van der Waals surface area contributed by atoms with Crippen LogP contribution >= 0.6 is 0 Å². The van der Waals surface area contributed by atoms with Crippen LogP contribution in [0, 0.1) is 17.0 Å². The fourth-order valence-corrected chi connectivity index (χ4v) is 2.71. The van der Waals surface area contributed by atoms with Gasteiger partial charge in [-0.15, -0.1) is 0 Å². The molecule has 9 heteroatoms. The summed E-state index contributed by atoms with van der Waals surface area (Å²) in [5.41, 5.74) is 1.95. The Hall–Kier alpha value is -3.33. The normalized spacial score (nSPS) is 10.9. The number of nitrogens with zero attached hydrogens (tertiary/aromatic N) is 3. The van der Waals surface area contributed by atoms with Crippen LogP contribution in [0.25, 0.3) is 22.4 Å². The minimum atomic E-state index is -0.482. The first kappa shape index (κ1) is 18.5. The van der Waals surface area contributed by atoms with Gasteiger partial charge in [-0.05, 0) is 19.4 Å². The van der Waals surface area contributed by atoms with Crippen LogP contribution in [0.4, 0.5) is 5.69 Å². The lowest BCUT2D eigenvalue weighted by molar-refractivity contribution is -0.384. The highest BCUT2D eigenvalue weighted by atomic mass is 16.6. The van der Waals surface area contributed by atoms with Crippen molar-refractivity contribution in [3.63, 3.8) is 0 Å². The molecule has 0 saturated carbocycles. The van der Waals surface area contributed by atoms with Crippen molar-refractivity contribution < 1.29 is 19.0 Å². The van der Waals surface area contributed by atoms with Gasteiger partial charge in [0.2, 0.25) is 0 Å². The fourth-order valence-electron chi connectivity index (χ4n) is 2.71. The molecule has 0 radical (unpaired) electrons. The first-order valence-electron chi connectivity index (χ1n) is 8.30. The van der Waals surface area contributed by atoms with Crippen LogP contribution in [0.15, 0.2) is 34.9 Å². The smallest absolute Gasteiger partial charge is 0.270 e. The maximum atomic E-state index is 12.7. The summed E-state index contributed by atoms with van der Waals surface area (Å²) in [5, 5.41) is 18.3. The lowest BCUT2D eigenvalue weighted by Crippen LogP contribution is -2.25. The number of rotatable bonds is 7. The molecule has 0 aliphatic carbocycles. The monoisotopic (exact) mass is 370 g/mol. The zero-order chi connectivity index (χ0) is 19.4. The molecular formula is C18H18N4O5. The molecule has 9 nitrogen and oxygen atoms in total. The van der Waals surface area contributed by atoms with Crippen molar-refractivity contribution in [3.05, 3.63) is 51.7 Å². The van der Waals surface area contributed by atoms with Crippen LogP contribution < -0.4 is 5.32 Å². The number of pyridine rings is 1. The van der Waals surface area contributed by atoms with Crippen molar-refractivity contribution >= 4 is 22.7 Å². The standard InChI is InChI=1S/C18H18N4O5/c1-11-16-14(17(23)19-7-4-8-26-2)10-15(20-18(16)27-21-11)12-5-3-6-13(9-12)22(24)25/h3,5-6,9-10H,4,7-8H2,1-2H3,(H,19,23). The van der Waals surface area contributed by atoms with E-state index in [2.05, 4.69) is 15.5 Å². The van der Waals surface area contributed by atoms with Crippen molar-refractivity contribution in [2.75, 3.05) is 20.3 Å². The lowest BCUT2D eigenvalue weighted by atomic mass is 10.0. The molecule has 1 amide bonds. The highest BCUT2D eigenvalue weighted by Crippen LogP contribution is 2.28. The Balaban J connectivity index is 2.02. The van der Waals surface area contributed by atoms with Crippen LogP contribution in [-0.2, 0) is 4.74 Å². The number of carbonyl (C=O) groups is 1. The van der Waals surface area contributed by atoms with Gasteiger partial charge in [-0.3, -0.25) is 14.9 Å². The van der Waals surface area contributed by atoms with Crippen LogP contribution in [0.2, 0.25) is 0 Å². The fraction of sp³-hybridized carbons (Fsp3) is 0.278. The zero-order valence-electron chi connectivity index (χ0n) is 14.9. The highest BCUT2D eigenvalue weighted by molar-refractivity contribution is 6.07. The molecule has 0 fully saturated rings. The van der Waals surface area contributed by atoms with Gasteiger partial charge in [-0.25, -0.2) is 4.98 Å². The number of nitro benzene ring substituents is 1. The Morgan fingerprint density at radius 3 is 2.93 bits per heavy atom. The average Bonchev–Trinajstić information content (AvgIpc) is 3.05. The van der Waals surface area contributed by atoms with Crippen LogP contribution in [0.1, 0.15) is 22.5 Å². The van der Waals surface area contributed by atoms with Gasteiger partial charge in [-0.1, -0.05) is 17.3 Å². The molecule has 3 aromatic rings. The number of ether oxygens (including phenoxy) is 1. The number of benzene rings is 1. The highest BCUT2D eigenvalue weighted by Gasteiger charge is 2.20. The van der Waals surface area contributed by atoms with E-state index in [1.807, 2.05) is 0 Å². The second-order valence-electron chi connectivity index (χ2n) is 5.91. The molecule has 0 atom stereocenters. The molecule has 0 bridgehead atoms. The molecule has 2 aromatic heterocycles. The van der Waals surface area contributed by atoms with Crippen LogP contribution in [-0.4, -0.2) is 41.2 Å². The third-order valence-corrected chi connectivity index (χ3v) is 4.03. The summed E-state index contributed by atoms with van der Waals surface area (Å²) < 4.78 is 10.2. The number of aryl methyl sites for hydroxylation is 1. The van der Waals surface area contributed by atoms with E-state index in [-0.39, 0.29) is 17.3 Å². The summed E-state index contributed by atoms with van der Waals surface area (Å²) in [7, 11) is 1.60. The average molecular weight is 370 g/mol. The quantitative estimate of drug-likeness (QED) is 0.385. The number of non-ortho nitro benzene ring substituents is 1. The second-order valence-corrected chi connectivity index (χ2v) is 5.91. The van der Waals surface area contributed by atoms with Crippen molar-refractivity contribution in [1.29, 1.82) is 0 Å². The SMILES string of the molecule is COCCCNC(=O)c1cc(-c2cccc([N+](=O)[O-])c2)nc2onc(C)c12. The predicted molar refractivity (Wildman–Crippen MR) is 97.5 cm³/mol. The number of hydrogen-bond acceptors (Lipinski definition) is 7. The van der Waals surface area contributed by atoms with Crippen LogP contribution in [0.3, 0.4) is 0 Å². The summed E-state index contributed by atoms with van der Waals surface area (Å²) >= 11 is 0. The van der Waals surface area contributed by atoms with E-state index in [0.717, 1.165) is 0 Å². The third kappa shape index (κ3) is 3.93. The molecule has 2 heterocycles. The van der Waals surface area contributed by atoms with Gasteiger partial charge in [0.05, 0.1) is 27.3 Å². The first-order valence-corrected chi connectivity index (χ1v) is 8.30. The molecule has 0 spiro atoms. The molecule has 1 N–H and O–H groups in total. The Labute approximate surface area is 154 Å². The van der Waals surface area contributed by atoms with Gasteiger partial charge >= 0.3 is 0 Å². The summed E-state index contributed by atoms with van der Waals surface area (Å²) in [6.45, 7) is 2.71. The van der Waals surface area contributed by atoms with Crippen LogP contribution in [0.5, 0.6) is 0 Å². The minimum absolute atomic E-state index is 0.0614. The van der Waals surface area contributed by atoms with Gasteiger partial charge in [0.25, 0.3) is 17.3 Å². The van der Waals surface area contributed by atoms with Crippen molar-refractivity contribution in [2.45, 2.75) is 13.3 Å². The van der Waals surface area contributed by atoms with Gasteiger partial charge in [0, 0.05) is 38.0 Å². The Bertz CT molecular complexity index is 999. The number of nitro groups is 1. The van der Waals surface area contributed by atoms with E-state index >= 15 is 0 Å². The molecule has 0 saturated heterocycles. The number of aromatic nitrogens is 2. The Morgan fingerprint density at radius 2 is 2.19 bits per heavy atom. The third-order valence-electron chi connectivity index (χ3n) is 4.03. The maximum absolute atomic E-state index is 12.7. The van der Waals surface area contributed by atoms with E-state index in [0.29, 0.717) is 47.5 Å². The van der Waals surface area contributed by atoms with E-state index in [1.165, 1.54) is 12.1 Å². The Kier molecular flexibility index (Phi) is 5.41. The molecule has 0 aliphatic rings. The van der Waals surface area contributed by atoms with Crippen molar-refractivity contribution in [2.24, 2.45) is 0 Å². The lowest BCUT2D eigenvalue weighted by Gasteiger charge is -2.08. The van der Waals surface area contributed by atoms with E-state index in [9.17, 15) is 14.9 Å². The number of amides is 1. The first-order chi connectivity index (χ1) is 13.0. The zero-order valence-corrected chi connectivity index (χ0v) is 14.9. The van der Waals surface area contributed by atoms with E-state index in [4.69, 9.17) is 9.26 Å². The number of fused-ring (bicyclic) bond motifs is 1. The molecule has 0 aliphatic heterocycles. The van der Waals surface area contributed by atoms with Gasteiger partial charge in [0.15, 0.2) is 0 Å². The number of methoxy groups -OCH3 is 1. The summed E-state index contributed by atoms with van der Waals surface area (Å²) in [6.07, 6.45) is 0.677. The van der Waals surface area contributed by atoms with E-state index in [1.54, 1.807) is 32.2 Å². The van der Waals surface area contributed by atoms with Gasteiger partial charge in [0.1, 0.15) is 0 Å². The minimum Gasteiger partial charge on any atom is -0.385 e. The molecule has 27 heavy (non-hydrogen) atoms. The maximum Gasteiger partial charge on any atom is 0.270 e. The number of carbonyl (C=O) groups excluding carboxylic acids is 1. The van der Waals surface area contributed by atoms with E-state index < -0.39 is 4.92 Å². The topological polar surface area (TPSA) is 120 Å². The number of hydrogen-bond donors (Lipinski definition) is 1. The summed E-state index contributed by atoms with van der Waals surface area (Å²) in [5.74, 6) is -0.295. The molecule has 140 valence electrons. The summed E-state index contributed by atoms with van der Waals surface area (Å²) in [6, 6.07) is 7.64. The second kappa shape index (κ2) is 7.92. The molecule has 3 rings (SSSR count). The van der Waals surface area contributed by atoms with Gasteiger partial charge in [-0.2, -0.15) is 0 Å². The Morgan fingerprint density at radius 1 is 1.37 bits per heavy atom. The molecular weight excluding hydrogens is 352 g/mol. The largest absolute Gasteiger partial charge is 0.385 e. The number of nitrogens with one attached hydrogen (secondary N) is 1. The molecule has 0 unspecified atom stereocenters.